The van der Waals surface area contributed by atoms with Crippen molar-refractivity contribution in [2.45, 2.75) is 26.0 Å². The number of ether oxygens (including phenoxy) is 1. The Balaban J connectivity index is 1.96. The molecule has 1 aliphatic rings. The van der Waals surface area contributed by atoms with Crippen molar-refractivity contribution in [3.05, 3.63) is 33.8 Å². The third-order valence-electron chi connectivity index (χ3n) is 3.23. The molecule has 1 aliphatic heterocycles. The molecule has 0 aromatic heterocycles. The van der Waals surface area contributed by atoms with E-state index in [1.165, 1.54) is 11.1 Å². The molecule has 5 heteroatoms. The average Bonchev–Trinajstić information content (AvgIpc) is 2.32. The fraction of sp³-hybridized carbons (Fsp3) is 0.500. The van der Waals surface area contributed by atoms with Crippen molar-refractivity contribution in [2.75, 3.05) is 19.7 Å². The van der Waals surface area contributed by atoms with E-state index in [1.807, 2.05) is 0 Å². The van der Waals surface area contributed by atoms with Gasteiger partial charge in [-0.1, -0.05) is 28.1 Å². The van der Waals surface area contributed by atoms with Crippen LogP contribution in [-0.4, -0.2) is 41.8 Å². The van der Waals surface area contributed by atoms with Gasteiger partial charge in [-0.25, -0.2) is 0 Å². The van der Waals surface area contributed by atoms with Gasteiger partial charge < -0.3 is 9.84 Å². The van der Waals surface area contributed by atoms with Gasteiger partial charge in [-0.05, 0) is 24.1 Å². The number of nitrogens with zero attached hydrogens (tertiary/aromatic N) is 1. The molecular weight excluding hydrogens is 310 g/mol. The normalized spacial score (nSPS) is 20.4. The quantitative estimate of drug-likeness (QED) is 0.922. The highest BCUT2D eigenvalue weighted by molar-refractivity contribution is 9.10. The Morgan fingerprint density at radius 3 is 3.05 bits per heavy atom. The molecule has 0 bridgehead atoms. The molecule has 1 heterocycles. The third-order valence-corrected chi connectivity index (χ3v) is 3.97. The molecule has 0 aliphatic carbocycles. The van der Waals surface area contributed by atoms with Crippen LogP contribution >= 0.6 is 15.9 Å². The molecule has 1 aromatic rings. The van der Waals surface area contributed by atoms with Gasteiger partial charge in [0.15, 0.2) is 0 Å². The van der Waals surface area contributed by atoms with Gasteiger partial charge in [0.2, 0.25) is 0 Å². The van der Waals surface area contributed by atoms with E-state index in [0.717, 1.165) is 17.6 Å². The number of aryl methyl sites for hydroxylation is 1. The smallest absolute Gasteiger partial charge is 0.306 e. The number of aliphatic carboxylic acids is 1. The van der Waals surface area contributed by atoms with E-state index in [2.05, 4.69) is 46.0 Å². The molecule has 1 fully saturated rings. The molecule has 0 amide bonds. The molecular formula is C14H18BrNO3. The monoisotopic (exact) mass is 327 g/mol. The lowest BCUT2D eigenvalue weighted by molar-refractivity contribution is -0.142. The van der Waals surface area contributed by atoms with Crippen LogP contribution in [0.3, 0.4) is 0 Å². The summed E-state index contributed by atoms with van der Waals surface area (Å²) < 4.78 is 6.58. The summed E-state index contributed by atoms with van der Waals surface area (Å²) in [7, 11) is 0. The van der Waals surface area contributed by atoms with Gasteiger partial charge in [0.25, 0.3) is 0 Å². The van der Waals surface area contributed by atoms with E-state index < -0.39 is 5.97 Å². The Labute approximate surface area is 121 Å². The minimum Gasteiger partial charge on any atom is -0.481 e. The standard InChI is InChI=1S/C14H18BrNO3/c1-10-2-3-11(13(15)6-10)8-16-4-5-19-12(9-16)7-14(17)18/h2-3,6,12H,4-5,7-9H2,1H3,(H,17,18). The van der Waals surface area contributed by atoms with Gasteiger partial charge in [-0.15, -0.1) is 0 Å². The van der Waals surface area contributed by atoms with Crippen molar-refractivity contribution in [2.24, 2.45) is 0 Å². The van der Waals surface area contributed by atoms with E-state index in [-0.39, 0.29) is 12.5 Å². The second-order valence-electron chi connectivity index (χ2n) is 4.92. The fourth-order valence-electron chi connectivity index (χ4n) is 2.26. The lowest BCUT2D eigenvalue weighted by Crippen LogP contribution is -2.42. The van der Waals surface area contributed by atoms with E-state index in [4.69, 9.17) is 9.84 Å². The van der Waals surface area contributed by atoms with Crippen LogP contribution in [0.4, 0.5) is 0 Å². The molecule has 4 nitrogen and oxygen atoms in total. The SMILES string of the molecule is Cc1ccc(CN2CCOC(CC(=O)O)C2)c(Br)c1. The first-order valence-corrected chi connectivity index (χ1v) is 7.14. The van der Waals surface area contributed by atoms with Crippen molar-refractivity contribution in [3.63, 3.8) is 0 Å². The first-order valence-electron chi connectivity index (χ1n) is 6.35. The second-order valence-corrected chi connectivity index (χ2v) is 5.77. The zero-order valence-electron chi connectivity index (χ0n) is 10.9. The van der Waals surface area contributed by atoms with Crippen LogP contribution in [0.5, 0.6) is 0 Å². The molecule has 1 atom stereocenters. The molecule has 19 heavy (non-hydrogen) atoms. The lowest BCUT2D eigenvalue weighted by atomic mass is 10.1. The molecule has 1 unspecified atom stereocenters. The van der Waals surface area contributed by atoms with E-state index in [1.54, 1.807) is 0 Å². The van der Waals surface area contributed by atoms with E-state index in [0.29, 0.717) is 13.2 Å². The number of benzene rings is 1. The molecule has 0 saturated carbocycles. The summed E-state index contributed by atoms with van der Waals surface area (Å²) in [6.45, 7) is 5.00. The maximum atomic E-state index is 10.7. The average molecular weight is 328 g/mol. The predicted octanol–water partition coefficient (Wildman–Crippen LogP) is 2.43. The molecule has 0 radical (unpaired) electrons. The number of hydrogen-bond acceptors (Lipinski definition) is 3. The lowest BCUT2D eigenvalue weighted by Gasteiger charge is -2.32. The highest BCUT2D eigenvalue weighted by Gasteiger charge is 2.23. The number of hydrogen-bond donors (Lipinski definition) is 1. The first kappa shape index (κ1) is 14.5. The number of halogens is 1. The number of carbonyl (C=O) groups is 1. The molecule has 2 rings (SSSR count). The summed E-state index contributed by atoms with van der Waals surface area (Å²) in [4.78, 5) is 13.0. The summed E-state index contributed by atoms with van der Waals surface area (Å²) in [5, 5.41) is 8.81. The number of carboxylic acid groups (broad SMARTS) is 1. The topological polar surface area (TPSA) is 49.8 Å². The van der Waals surface area contributed by atoms with Crippen LogP contribution in [0.2, 0.25) is 0 Å². The van der Waals surface area contributed by atoms with Crippen molar-refractivity contribution in [1.29, 1.82) is 0 Å². The summed E-state index contributed by atoms with van der Waals surface area (Å²) in [6.07, 6.45) is -0.124. The summed E-state index contributed by atoms with van der Waals surface area (Å²) in [5.74, 6) is -0.802. The highest BCUT2D eigenvalue weighted by atomic mass is 79.9. The van der Waals surface area contributed by atoms with Gasteiger partial charge in [-0.2, -0.15) is 0 Å². The van der Waals surface area contributed by atoms with Gasteiger partial charge in [-0.3, -0.25) is 9.69 Å². The molecule has 1 N–H and O–H groups in total. The summed E-state index contributed by atoms with van der Waals surface area (Å²) in [5.41, 5.74) is 2.45. The number of morpholine rings is 1. The largest absolute Gasteiger partial charge is 0.481 e. The van der Waals surface area contributed by atoms with Crippen LogP contribution in [-0.2, 0) is 16.1 Å². The zero-order chi connectivity index (χ0) is 13.8. The third kappa shape index (κ3) is 4.30. The van der Waals surface area contributed by atoms with Crippen LogP contribution in [0.15, 0.2) is 22.7 Å². The predicted molar refractivity (Wildman–Crippen MR) is 76.1 cm³/mol. The first-order chi connectivity index (χ1) is 9.04. The Morgan fingerprint density at radius 1 is 1.58 bits per heavy atom. The van der Waals surface area contributed by atoms with Crippen molar-refractivity contribution in [3.8, 4) is 0 Å². The van der Waals surface area contributed by atoms with Gasteiger partial charge in [0, 0.05) is 24.1 Å². The van der Waals surface area contributed by atoms with Crippen LogP contribution in [0, 0.1) is 6.92 Å². The number of carboxylic acids is 1. The maximum Gasteiger partial charge on any atom is 0.306 e. The van der Waals surface area contributed by atoms with Crippen molar-refractivity contribution in [1.82, 2.24) is 4.90 Å². The van der Waals surface area contributed by atoms with E-state index in [9.17, 15) is 4.79 Å². The zero-order valence-corrected chi connectivity index (χ0v) is 12.5. The van der Waals surface area contributed by atoms with Crippen molar-refractivity contribution >= 4 is 21.9 Å². The number of rotatable bonds is 4. The highest BCUT2D eigenvalue weighted by Crippen LogP contribution is 2.21. The minimum absolute atomic E-state index is 0.0750. The Hall–Kier alpha value is -0.910. The molecule has 1 aromatic carbocycles. The Morgan fingerprint density at radius 2 is 2.37 bits per heavy atom. The van der Waals surface area contributed by atoms with E-state index >= 15 is 0 Å². The van der Waals surface area contributed by atoms with Crippen LogP contribution in [0.25, 0.3) is 0 Å². The van der Waals surface area contributed by atoms with Gasteiger partial charge >= 0.3 is 5.97 Å². The Bertz CT molecular complexity index is 464. The molecule has 0 spiro atoms. The van der Waals surface area contributed by atoms with Gasteiger partial charge in [0.1, 0.15) is 0 Å². The van der Waals surface area contributed by atoms with Crippen LogP contribution in [0.1, 0.15) is 17.5 Å². The summed E-state index contributed by atoms with van der Waals surface area (Å²) in [6, 6.07) is 6.31. The molecule has 1 saturated heterocycles. The minimum atomic E-state index is -0.802. The fourth-order valence-corrected chi connectivity index (χ4v) is 2.88. The summed E-state index contributed by atoms with van der Waals surface area (Å²) >= 11 is 3.58. The van der Waals surface area contributed by atoms with Crippen molar-refractivity contribution < 1.29 is 14.6 Å². The van der Waals surface area contributed by atoms with Gasteiger partial charge in [0.05, 0.1) is 19.1 Å². The maximum absolute atomic E-state index is 10.7. The second kappa shape index (κ2) is 6.50. The van der Waals surface area contributed by atoms with Crippen LogP contribution < -0.4 is 0 Å². The Kier molecular flexibility index (Phi) is 4.96. The molecule has 104 valence electrons.